The van der Waals surface area contributed by atoms with Gasteiger partial charge in [-0.3, -0.25) is 20.5 Å². The highest BCUT2D eigenvalue weighted by atomic mass is 19.1. The number of alkyl halides is 1. The number of ketones is 1. The van der Waals surface area contributed by atoms with Crippen LogP contribution >= 0.6 is 0 Å². The van der Waals surface area contributed by atoms with Crippen molar-refractivity contribution in [2.45, 2.75) is 63.8 Å². The Morgan fingerprint density at radius 3 is 2.39 bits per heavy atom. The molecule has 28 heavy (non-hydrogen) atoms. The zero-order valence-electron chi connectivity index (χ0n) is 17.3. The van der Waals surface area contributed by atoms with Gasteiger partial charge in [0.15, 0.2) is 0 Å². The molecule has 0 aromatic heterocycles. The second-order valence-corrected chi connectivity index (χ2v) is 9.47. The molecule has 4 unspecified atom stereocenters. The molecule has 0 aromatic carbocycles. The minimum Gasteiger partial charge on any atom is -0.301 e. The zero-order chi connectivity index (χ0) is 19.5. The van der Waals surface area contributed by atoms with Crippen molar-refractivity contribution >= 4 is 5.78 Å². The maximum atomic E-state index is 13.5. The van der Waals surface area contributed by atoms with E-state index in [9.17, 15) is 9.18 Å². The molecule has 0 radical (unpaired) electrons. The van der Waals surface area contributed by atoms with E-state index in [4.69, 9.17) is 0 Å². The Bertz CT molecular complexity index is 511. The minimum atomic E-state index is -0.573. The lowest BCUT2D eigenvalue weighted by Gasteiger charge is -2.43. The number of nitrogens with one attached hydrogen (secondary N) is 3. The van der Waals surface area contributed by atoms with E-state index in [2.05, 4.69) is 26.0 Å². The second kappa shape index (κ2) is 9.47. The standard InChI is InChI=1S/C21H38FN5O/c1-15(28)17-4-7-20(23-12-17)27-10-8-26(9-11-27)14-18-13-24-25-21(18)16-2-5-19(22)6-3-16/h16-21,23-25H,2-14H2,1H3. The monoisotopic (exact) mass is 395 g/mol. The Morgan fingerprint density at radius 1 is 1.00 bits per heavy atom. The summed E-state index contributed by atoms with van der Waals surface area (Å²) < 4.78 is 13.5. The Morgan fingerprint density at radius 2 is 1.75 bits per heavy atom. The summed E-state index contributed by atoms with van der Waals surface area (Å²) >= 11 is 0. The molecule has 4 rings (SSSR count). The van der Waals surface area contributed by atoms with E-state index in [1.807, 2.05) is 0 Å². The molecule has 3 N–H and O–H groups in total. The summed E-state index contributed by atoms with van der Waals surface area (Å²) in [6, 6.07) is 0.494. The van der Waals surface area contributed by atoms with Gasteiger partial charge >= 0.3 is 0 Å². The molecule has 3 heterocycles. The maximum absolute atomic E-state index is 13.5. The van der Waals surface area contributed by atoms with Crippen LogP contribution < -0.4 is 16.2 Å². The minimum absolute atomic E-state index is 0.212. The molecule has 3 aliphatic heterocycles. The van der Waals surface area contributed by atoms with Gasteiger partial charge in [0.1, 0.15) is 12.0 Å². The van der Waals surface area contributed by atoms with Crippen LogP contribution in [0.25, 0.3) is 0 Å². The Labute approximate surface area is 168 Å². The number of rotatable bonds is 5. The van der Waals surface area contributed by atoms with E-state index in [-0.39, 0.29) is 5.92 Å². The highest BCUT2D eigenvalue weighted by Crippen LogP contribution is 2.32. The van der Waals surface area contributed by atoms with E-state index in [1.165, 1.54) is 0 Å². The molecular weight excluding hydrogens is 357 g/mol. The molecular formula is C21H38FN5O. The number of halogens is 1. The van der Waals surface area contributed by atoms with E-state index >= 15 is 0 Å². The highest BCUT2D eigenvalue weighted by molar-refractivity contribution is 5.78. The lowest BCUT2D eigenvalue weighted by atomic mass is 9.79. The molecule has 0 amide bonds. The van der Waals surface area contributed by atoms with E-state index in [1.54, 1.807) is 6.92 Å². The van der Waals surface area contributed by atoms with Gasteiger partial charge in [-0.25, -0.2) is 4.39 Å². The van der Waals surface area contributed by atoms with Crippen molar-refractivity contribution in [2.24, 2.45) is 17.8 Å². The number of nitrogens with zero attached hydrogens (tertiary/aromatic N) is 2. The van der Waals surface area contributed by atoms with Crippen molar-refractivity contribution < 1.29 is 9.18 Å². The van der Waals surface area contributed by atoms with Crippen LogP contribution in [0.15, 0.2) is 0 Å². The Kier molecular flexibility index (Phi) is 6.99. The number of piperazine rings is 1. The van der Waals surface area contributed by atoms with Crippen molar-refractivity contribution in [1.82, 2.24) is 26.0 Å². The van der Waals surface area contributed by atoms with Crippen LogP contribution in [0.3, 0.4) is 0 Å². The summed E-state index contributed by atoms with van der Waals surface area (Å²) in [7, 11) is 0. The SMILES string of the molecule is CC(=O)C1CCC(N2CCN(CC3CNNC3C3CCC(F)CC3)CC2)NC1. The molecule has 4 fully saturated rings. The van der Waals surface area contributed by atoms with Crippen LogP contribution in [-0.4, -0.2) is 79.8 Å². The molecule has 0 spiro atoms. The fraction of sp³-hybridized carbons (Fsp3) is 0.952. The quantitative estimate of drug-likeness (QED) is 0.649. The summed E-state index contributed by atoms with van der Waals surface area (Å²) in [6.45, 7) is 9.16. The molecule has 160 valence electrons. The summed E-state index contributed by atoms with van der Waals surface area (Å²) in [4.78, 5) is 16.7. The topological polar surface area (TPSA) is 59.6 Å². The van der Waals surface area contributed by atoms with Gasteiger partial charge in [-0.2, -0.15) is 0 Å². The third kappa shape index (κ3) is 4.93. The largest absolute Gasteiger partial charge is 0.301 e. The van der Waals surface area contributed by atoms with Crippen molar-refractivity contribution in [1.29, 1.82) is 0 Å². The molecule has 1 saturated carbocycles. The van der Waals surface area contributed by atoms with Gasteiger partial charge in [-0.15, -0.1) is 0 Å². The average Bonchev–Trinajstić information content (AvgIpc) is 3.17. The number of carbonyl (C=O) groups excluding carboxylic acids is 1. The van der Waals surface area contributed by atoms with Crippen LogP contribution in [-0.2, 0) is 4.79 Å². The van der Waals surface area contributed by atoms with Gasteiger partial charge in [0.05, 0.1) is 6.17 Å². The number of hydrogen-bond acceptors (Lipinski definition) is 6. The first-order valence-corrected chi connectivity index (χ1v) is 11.4. The second-order valence-electron chi connectivity index (χ2n) is 9.47. The molecule has 0 bridgehead atoms. The fourth-order valence-electron chi connectivity index (χ4n) is 5.76. The van der Waals surface area contributed by atoms with E-state index in [0.717, 1.165) is 84.3 Å². The number of hydrogen-bond donors (Lipinski definition) is 3. The smallest absolute Gasteiger partial charge is 0.134 e. The Balaban J connectivity index is 1.20. The molecule has 4 atom stereocenters. The maximum Gasteiger partial charge on any atom is 0.134 e. The van der Waals surface area contributed by atoms with Gasteiger partial charge in [-0.1, -0.05) is 0 Å². The number of Topliss-reactive ketones (excluding diaryl/α,β-unsaturated/α-hetero) is 1. The van der Waals surface area contributed by atoms with Gasteiger partial charge in [-0.05, 0) is 51.4 Å². The van der Waals surface area contributed by atoms with Crippen LogP contribution in [0.5, 0.6) is 0 Å². The van der Waals surface area contributed by atoms with Crippen molar-refractivity contribution in [2.75, 3.05) is 45.8 Å². The van der Waals surface area contributed by atoms with Gasteiger partial charge < -0.3 is 10.2 Å². The molecule has 1 aliphatic carbocycles. The molecule has 7 heteroatoms. The summed E-state index contributed by atoms with van der Waals surface area (Å²) in [5, 5.41) is 3.60. The molecule has 4 aliphatic rings. The fourth-order valence-corrected chi connectivity index (χ4v) is 5.76. The van der Waals surface area contributed by atoms with Gasteiger partial charge in [0.25, 0.3) is 0 Å². The molecule has 0 aromatic rings. The van der Waals surface area contributed by atoms with Crippen LogP contribution in [0.1, 0.15) is 45.4 Å². The third-order valence-corrected chi connectivity index (χ3v) is 7.65. The summed E-state index contributed by atoms with van der Waals surface area (Å²) in [5.74, 6) is 1.78. The molecule has 6 nitrogen and oxygen atoms in total. The normalized spacial score (nSPS) is 41.2. The summed E-state index contributed by atoms with van der Waals surface area (Å²) in [6.07, 6.45) is 5.52. The van der Waals surface area contributed by atoms with E-state index in [0.29, 0.717) is 29.8 Å². The highest BCUT2D eigenvalue weighted by Gasteiger charge is 2.37. The lowest BCUT2D eigenvalue weighted by Crippen LogP contribution is -2.58. The van der Waals surface area contributed by atoms with Crippen molar-refractivity contribution in [3.05, 3.63) is 0 Å². The lowest BCUT2D eigenvalue weighted by molar-refractivity contribution is -0.121. The van der Waals surface area contributed by atoms with Crippen LogP contribution in [0.2, 0.25) is 0 Å². The van der Waals surface area contributed by atoms with Gasteiger partial charge in [0, 0.05) is 63.7 Å². The Hall–Kier alpha value is -0.600. The van der Waals surface area contributed by atoms with Gasteiger partial charge in [0.2, 0.25) is 0 Å². The third-order valence-electron chi connectivity index (χ3n) is 7.65. The van der Waals surface area contributed by atoms with Crippen LogP contribution in [0, 0.1) is 17.8 Å². The van der Waals surface area contributed by atoms with Crippen LogP contribution in [0.4, 0.5) is 4.39 Å². The first-order valence-electron chi connectivity index (χ1n) is 11.4. The van der Waals surface area contributed by atoms with E-state index < -0.39 is 6.17 Å². The predicted octanol–water partition coefficient (Wildman–Crippen LogP) is 1.14. The first kappa shape index (κ1) is 20.7. The molecule has 3 saturated heterocycles. The predicted molar refractivity (Wildman–Crippen MR) is 108 cm³/mol. The van der Waals surface area contributed by atoms with Crippen molar-refractivity contribution in [3.8, 4) is 0 Å². The number of carbonyl (C=O) groups is 1. The first-order chi connectivity index (χ1) is 13.6. The average molecular weight is 396 g/mol. The zero-order valence-corrected chi connectivity index (χ0v) is 17.3. The van der Waals surface area contributed by atoms with Crippen molar-refractivity contribution in [3.63, 3.8) is 0 Å². The number of hydrazine groups is 1. The number of piperidine rings is 1. The summed E-state index contributed by atoms with van der Waals surface area (Å²) in [5.41, 5.74) is 6.88.